The zero-order chi connectivity index (χ0) is 22.1. The van der Waals surface area contributed by atoms with Crippen molar-refractivity contribution in [1.82, 2.24) is 14.7 Å². The van der Waals surface area contributed by atoms with Crippen LogP contribution in [-0.2, 0) is 16.1 Å². The summed E-state index contributed by atoms with van der Waals surface area (Å²) in [6.07, 6.45) is 2.55. The van der Waals surface area contributed by atoms with Crippen molar-refractivity contribution < 1.29 is 24.5 Å². The molecule has 2 aliphatic rings. The van der Waals surface area contributed by atoms with Gasteiger partial charge in [-0.2, -0.15) is 5.10 Å². The van der Waals surface area contributed by atoms with Crippen LogP contribution < -0.4 is 9.64 Å². The zero-order valence-electron chi connectivity index (χ0n) is 16.9. The number of carbonyl (C=O) groups excluding carboxylic acids is 2. The Kier molecular flexibility index (Phi) is 5.99. The van der Waals surface area contributed by atoms with Gasteiger partial charge in [0, 0.05) is 24.4 Å². The molecule has 2 N–H and O–H groups in total. The molecule has 1 aromatic carbocycles. The van der Waals surface area contributed by atoms with Gasteiger partial charge in [0.15, 0.2) is 5.82 Å². The molecule has 1 fully saturated rings. The van der Waals surface area contributed by atoms with Crippen LogP contribution in [0.1, 0.15) is 13.3 Å². The first-order chi connectivity index (χ1) is 14.9. The molecule has 2 amide bonds. The first-order valence-electron chi connectivity index (χ1n) is 9.96. The fourth-order valence-electron chi connectivity index (χ4n) is 3.87. The summed E-state index contributed by atoms with van der Waals surface area (Å²) < 4.78 is 7.25. The molecular formula is C21H23ClN4O5. The maximum absolute atomic E-state index is 13.2. The van der Waals surface area contributed by atoms with Crippen molar-refractivity contribution in [2.24, 2.45) is 0 Å². The molecule has 0 saturated carbocycles. The van der Waals surface area contributed by atoms with Crippen LogP contribution in [0.5, 0.6) is 5.75 Å². The molecule has 0 aliphatic carbocycles. The topological polar surface area (TPSA) is 108 Å². The highest BCUT2D eigenvalue weighted by Crippen LogP contribution is 2.32. The average molecular weight is 447 g/mol. The van der Waals surface area contributed by atoms with Crippen LogP contribution >= 0.6 is 11.6 Å². The van der Waals surface area contributed by atoms with Gasteiger partial charge in [0.1, 0.15) is 17.6 Å². The highest BCUT2D eigenvalue weighted by Gasteiger charge is 2.45. The van der Waals surface area contributed by atoms with E-state index in [0.717, 1.165) is 0 Å². The molecule has 3 heterocycles. The second-order valence-corrected chi connectivity index (χ2v) is 8.06. The van der Waals surface area contributed by atoms with Crippen molar-refractivity contribution in [3.05, 3.63) is 53.4 Å². The molecule has 0 spiro atoms. The molecule has 31 heavy (non-hydrogen) atoms. The molecule has 2 aromatic rings. The predicted molar refractivity (Wildman–Crippen MR) is 113 cm³/mol. The lowest BCUT2D eigenvalue weighted by atomic mass is 10.1. The summed E-state index contributed by atoms with van der Waals surface area (Å²) in [7, 11) is 0. The standard InChI is InChI=1S/C21H23ClN4O5/c1-13-8-17(21(30)26(13)19-6-7-24(23-19)10-14(28)12-27)25-11-15(9-20(25)29)31-18-5-3-2-4-16(18)22/h2-7,9,13-14,17,27-28H,8,10-12H2,1H3/t13?,14-,17+/m1/s1. The Bertz CT molecular complexity index is 1020. The Morgan fingerprint density at radius 2 is 2.06 bits per heavy atom. The Morgan fingerprint density at radius 1 is 1.29 bits per heavy atom. The van der Waals surface area contributed by atoms with Gasteiger partial charge in [-0.25, -0.2) is 0 Å². The summed E-state index contributed by atoms with van der Waals surface area (Å²) in [5.41, 5.74) is 0. The number of benzene rings is 1. The molecule has 1 unspecified atom stereocenters. The zero-order valence-corrected chi connectivity index (χ0v) is 17.6. The van der Waals surface area contributed by atoms with Gasteiger partial charge in [0.25, 0.3) is 11.8 Å². The van der Waals surface area contributed by atoms with E-state index in [9.17, 15) is 14.7 Å². The second-order valence-electron chi connectivity index (χ2n) is 7.65. The summed E-state index contributed by atoms with van der Waals surface area (Å²) in [5.74, 6) is 0.817. The van der Waals surface area contributed by atoms with Gasteiger partial charge in [-0.15, -0.1) is 0 Å². The molecule has 0 bridgehead atoms. The quantitative estimate of drug-likeness (QED) is 0.661. The van der Waals surface area contributed by atoms with E-state index >= 15 is 0 Å². The van der Waals surface area contributed by atoms with E-state index < -0.39 is 12.1 Å². The summed E-state index contributed by atoms with van der Waals surface area (Å²) >= 11 is 6.12. The molecule has 0 radical (unpaired) electrons. The van der Waals surface area contributed by atoms with E-state index in [1.165, 1.54) is 15.7 Å². The molecule has 4 rings (SSSR count). The number of nitrogens with zero attached hydrogens (tertiary/aromatic N) is 4. The monoisotopic (exact) mass is 446 g/mol. The van der Waals surface area contributed by atoms with E-state index in [0.29, 0.717) is 28.8 Å². The van der Waals surface area contributed by atoms with Crippen LogP contribution in [-0.4, -0.2) is 68.0 Å². The third-order valence-electron chi connectivity index (χ3n) is 5.36. The average Bonchev–Trinajstić information content (AvgIpc) is 3.41. The number of anilines is 1. The number of aliphatic hydroxyl groups excluding tert-OH is 2. The van der Waals surface area contributed by atoms with Gasteiger partial charge in [0.2, 0.25) is 0 Å². The van der Waals surface area contributed by atoms with Gasteiger partial charge >= 0.3 is 0 Å². The number of hydrogen-bond acceptors (Lipinski definition) is 6. The minimum absolute atomic E-state index is 0.119. The van der Waals surface area contributed by atoms with Gasteiger partial charge in [-0.3, -0.25) is 19.2 Å². The number of aromatic nitrogens is 2. The number of hydrogen-bond donors (Lipinski definition) is 2. The van der Waals surface area contributed by atoms with Crippen LogP contribution in [0.25, 0.3) is 0 Å². The first-order valence-corrected chi connectivity index (χ1v) is 10.3. The van der Waals surface area contributed by atoms with Crippen LogP contribution in [0, 0.1) is 0 Å². The lowest BCUT2D eigenvalue weighted by Crippen LogP contribution is -2.43. The SMILES string of the molecule is CC1C[C@H](N2CC(Oc3ccccc3Cl)=CC2=O)C(=O)N1c1ccn(C[C@@H](O)CO)n1. The molecule has 1 aromatic heterocycles. The largest absolute Gasteiger partial charge is 0.458 e. The number of para-hydroxylation sites is 1. The summed E-state index contributed by atoms with van der Waals surface area (Å²) in [6, 6.07) is 7.88. The molecule has 9 nitrogen and oxygen atoms in total. The Balaban J connectivity index is 1.45. The minimum atomic E-state index is -0.933. The molecule has 2 aliphatic heterocycles. The van der Waals surface area contributed by atoms with Crippen LogP contribution in [0.2, 0.25) is 5.02 Å². The molecule has 164 valence electrons. The number of ether oxygens (including phenoxy) is 1. The smallest absolute Gasteiger partial charge is 0.251 e. The van der Waals surface area contributed by atoms with Gasteiger partial charge in [-0.05, 0) is 25.5 Å². The third kappa shape index (κ3) is 4.30. The second kappa shape index (κ2) is 8.70. The van der Waals surface area contributed by atoms with Crippen LogP contribution in [0.15, 0.2) is 48.4 Å². The van der Waals surface area contributed by atoms with E-state index in [2.05, 4.69) is 5.10 Å². The van der Waals surface area contributed by atoms with E-state index in [1.807, 2.05) is 6.92 Å². The molecular weight excluding hydrogens is 424 g/mol. The normalized spacial score (nSPS) is 22.3. The Morgan fingerprint density at radius 3 is 2.81 bits per heavy atom. The van der Waals surface area contributed by atoms with E-state index in [-0.39, 0.29) is 37.6 Å². The summed E-state index contributed by atoms with van der Waals surface area (Å²) in [4.78, 5) is 28.8. The van der Waals surface area contributed by atoms with Crippen molar-refractivity contribution in [2.75, 3.05) is 18.1 Å². The summed E-state index contributed by atoms with van der Waals surface area (Å²) in [6.45, 7) is 1.82. The van der Waals surface area contributed by atoms with Crippen molar-refractivity contribution in [2.45, 2.75) is 38.1 Å². The van der Waals surface area contributed by atoms with Crippen molar-refractivity contribution in [1.29, 1.82) is 0 Å². The lowest BCUT2D eigenvalue weighted by molar-refractivity contribution is -0.133. The fraction of sp³-hybridized carbons (Fsp3) is 0.381. The maximum Gasteiger partial charge on any atom is 0.251 e. The maximum atomic E-state index is 13.2. The predicted octanol–water partition coefficient (Wildman–Crippen LogP) is 1.19. The van der Waals surface area contributed by atoms with Gasteiger partial charge in [-0.1, -0.05) is 23.7 Å². The van der Waals surface area contributed by atoms with Crippen LogP contribution in [0.3, 0.4) is 0 Å². The third-order valence-corrected chi connectivity index (χ3v) is 5.67. The summed E-state index contributed by atoms with van der Waals surface area (Å²) in [5, 5.41) is 23.4. The molecule has 1 saturated heterocycles. The van der Waals surface area contributed by atoms with Crippen molar-refractivity contribution >= 4 is 29.2 Å². The molecule has 10 heteroatoms. The highest BCUT2D eigenvalue weighted by atomic mass is 35.5. The number of amides is 2. The number of halogens is 1. The number of aliphatic hydroxyl groups is 2. The van der Waals surface area contributed by atoms with Crippen molar-refractivity contribution in [3.8, 4) is 5.75 Å². The van der Waals surface area contributed by atoms with Gasteiger partial charge < -0.3 is 19.8 Å². The Labute approximate surface area is 184 Å². The molecule has 3 atom stereocenters. The number of carbonyl (C=O) groups is 2. The highest BCUT2D eigenvalue weighted by molar-refractivity contribution is 6.32. The first kappa shape index (κ1) is 21.4. The number of rotatable bonds is 7. The van der Waals surface area contributed by atoms with E-state index in [4.69, 9.17) is 21.4 Å². The van der Waals surface area contributed by atoms with Gasteiger partial charge in [0.05, 0.1) is 30.8 Å². The fourth-order valence-corrected chi connectivity index (χ4v) is 4.04. The van der Waals surface area contributed by atoms with Crippen molar-refractivity contribution in [3.63, 3.8) is 0 Å². The lowest BCUT2D eigenvalue weighted by Gasteiger charge is -2.23. The minimum Gasteiger partial charge on any atom is -0.458 e. The van der Waals surface area contributed by atoms with E-state index in [1.54, 1.807) is 41.4 Å². The Hall–Kier alpha value is -2.88. The van der Waals surface area contributed by atoms with Crippen LogP contribution in [0.4, 0.5) is 5.82 Å².